The largest absolute Gasteiger partial charge is 0.312 e. The average molecular weight is 544 g/mol. The van der Waals surface area contributed by atoms with Crippen LogP contribution >= 0.6 is 44.2 Å². The molecule has 0 aliphatic rings. The van der Waals surface area contributed by atoms with Crippen LogP contribution in [0.25, 0.3) is 11.3 Å². The number of halogens is 2. The Morgan fingerprint density at radius 3 is 2.17 bits per heavy atom. The van der Waals surface area contributed by atoms with Gasteiger partial charge in [-0.1, -0.05) is 76.1 Å². The first-order valence-corrected chi connectivity index (χ1v) is 11.3. The van der Waals surface area contributed by atoms with E-state index in [9.17, 15) is 0 Å². The minimum absolute atomic E-state index is 0. The molecule has 0 amide bonds. The standard InChI is InChI=1S/C25H23BrN2S.BrH/c1-17-13-18(2)24(19(3)14-17)27-25-28(15-20-7-5-4-6-8-20)23(16-29-25)21-9-11-22(26)12-10-21;/h4-14,16H,15H2,1-3H3;1H. The van der Waals surface area contributed by atoms with E-state index in [1.165, 1.54) is 33.5 Å². The van der Waals surface area contributed by atoms with E-state index in [-0.39, 0.29) is 17.0 Å². The van der Waals surface area contributed by atoms with Crippen molar-refractivity contribution in [1.29, 1.82) is 0 Å². The summed E-state index contributed by atoms with van der Waals surface area (Å²) in [5.41, 5.74) is 8.42. The second-order valence-corrected chi connectivity index (χ2v) is 9.09. The summed E-state index contributed by atoms with van der Waals surface area (Å²) in [6.07, 6.45) is 0. The second kappa shape index (κ2) is 9.90. The molecule has 1 heterocycles. The van der Waals surface area contributed by atoms with Crippen molar-refractivity contribution < 1.29 is 0 Å². The monoisotopic (exact) mass is 542 g/mol. The highest BCUT2D eigenvalue weighted by atomic mass is 79.9. The minimum Gasteiger partial charge on any atom is -0.312 e. The number of aromatic nitrogens is 1. The highest BCUT2D eigenvalue weighted by molar-refractivity contribution is 9.10. The van der Waals surface area contributed by atoms with Crippen molar-refractivity contribution in [2.24, 2.45) is 4.99 Å². The molecular formula is C25H24Br2N2S. The average Bonchev–Trinajstić information content (AvgIpc) is 3.08. The molecule has 5 heteroatoms. The van der Waals surface area contributed by atoms with Crippen LogP contribution in [0.4, 0.5) is 5.69 Å². The van der Waals surface area contributed by atoms with Crippen LogP contribution in [0.5, 0.6) is 0 Å². The highest BCUT2D eigenvalue weighted by Gasteiger charge is 2.10. The zero-order chi connectivity index (χ0) is 20.4. The first-order valence-electron chi connectivity index (χ1n) is 9.62. The molecule has 0 aliphatic heterocycles. The molecule has 0 N–H and O–H groups in total. The molecule has 0 saturated heterocycles. The molecule has 0 bridgehead atoms. The first-order chi connectivity index (χ1) is 14.0. The normalized spacial score (nSPS) is 11.4. The van der Waals surface area contributed by atoms with Crippen LogP contribution in [-0.2, 0) is 6.54 Å². The number of thiazole rings is 1. The van der Waals surface area contributed by atoms with Gasteiger partial charge in [0.1, 0.15) is 0 Å². The molecular weight excluding hydrogens is 520 g/mol. The molecule has 0 unspecified atom stereocenters. The van der Waals surface area contributed by atoms with Crippen molar-refractivity contribution in [2.75, 3.05) is 0 Å². The van der Waals surface area contributed by atoms with Gasteiger partial charge in [0.15, 0.2) is 4.80 Å². The van der Waals surface area contributed by atoms with E-state index in [2.05, 4.69) is 113 Å². The fraction of sp³-hybridized carbons (Fsp3) is 0.160. The predicted octanol–water partition coefficient (Wildman–Crippen LogP) is 7.76. The maximum Gasteiger partial charge on any atom is 0.190 e. The van der Waals surface area contributed by atoms with E-state index in [1.807, 2.05) is 0 Å². The first kappa shape index (κ1) is 22.7. The predicted molar refractivity (Wildman–Crippen MR) is 137 cm³/mol. The van der Waals surface area contributed by atoms with Gasteiger partial charge in [0.05, 0.1) is 17.9 Å². The third-order valence-corrected chi connectivity index (χ3v) is 6.36. The van der Waals surface area contributed by atoms with E-state index in [4.69, 9.17) is 4.99 Å². The van der Waals surface area contributed by atoms with Crippen LogP contribution in [0.2, 0.25) is 0 Å². The van der Waals surface area contributed by atoms with Crippen LogP contribution in [0.1, 0.15) is 22.3 Å². The SMILES string of the molecule is Br.Cc1cc(C)c(N=c2scc(-c3ccc(Br)cc3)n2Cc2ccccc2)c(C)c1. The van der Waals surface area contributed by atoms with Crippen LogP contribution in [0.15, 0.2) is 81.6 Å². The molecule has 4 rings (SSSR count). The molecule has 30 heavy (non-hydrogen) atoms. The molecule has 0 saturated carbocycles. The Bertz CT molecular complexity index is 1180. The molecule has 0 fully saturated rings. The third kappa shape index (κ3) is 5.02. The number of benzene rings is 3. The van der Waals surface area contributed by atoms with E-state index in [0.29, 0.717) is 0 Å². The Balaban J connectivity index is 0.00000256. The Hall–Kier alpha value is -1.95. The van der Waals surface area contributed by atoms with Crippen LogP contribution in [0, 0.1) is 20.8 Å². The molecule has 0 radical (unpaired) electrons. The van der Waals surface area contributed by atoms with Gasteiger partial charge in [0.25, 0.3) is 0 Å². The van der Waals surface area contributed by atoms with Gasteiger partial charge in [-0.25, -0.2) is 4.99 Å². The summed E-state index contributed by atoms with van der Waals surface area (Å²) in [5, 5.41) is 2.21. The molecule has 154 valence electrons. The van der Waals surface area contributed by atoms with Gasteiger partial charge in [-0.05, 0) is 55.2 Å². The number of rotatable bonds is 4. The summed E-state index contributed by atoms with van der Waals surface area (Å²) in [6, 6.07) is 23.5. The van der Waals surface area contributed by atoms with Crippen LogP contribution < -0.4 is 4.80 Å². The maximum absolute atomic E-state index is 5.11. The van der Waals surface area contributed by atoms with Crippen molar-refractivity contribution in [2.45, 2.75) is 27.3 Å². The summed E-state index contributed by atoms with van der Waals surface area (Å²) in [6.45, 7) is 7.21. The Morgan fingerprint density at radius 1 is 0.900 bits per heavy atom. The summed E-state index contributed by atoms with van der Waals surface area (Å²) in [4.78, 5) is 6.13. The Morgan fingerprint density at radius 2 is 1.53 bits per heavy atom. The van der Waals surface area contributed by atoms with Crippen molar-refractivity contribution in [3.8, 4) is 11.3 Å². The molecule has 0 atom stereocenters. The fourth-order valence-electron chi connectivity index (χ4n) is 3.63. The van der Waals surface area contributed by atoms with Gasteiger partial charge >= 0.3 is 0 Å². The zero-order valence-corrected chi connectivity index (χ0v) is 21.3. The van der Waals surface area contributed by atoms with Crippen molar-refractivity contribution in [1.82, 2.24) is 4.57 Å². The number of aryl methyl sites for hydroxylation is 3. The summed E-state index contributed by atoms with van der Waals surface area (Å²) in [7, 11) is 0. The van der Waals surface area contributed by atoms with Gasteiger partial charge in [0, 0.05) is 9.85 Å². The van der Waals surface area contributed by atoms with E-state index < -0.39 is 0 Å². The Kier molecular flexibility index (Phi) is 7.50. The van der Waals surface area contributed by atoms with Gasteiger partial charge in [0.2, 0.25) is 0 Å². The molecule has 0 spiro atoms. The highest BCUT2D eigenvalue weighted by Crippen LogP contribution is 2.27. The lowest BCUT2D eigenvalue weighted by molar-refractivity contribution is 0.778. The van der Waals surface area contributed by atoms with Crippen molar-refractivity contribution in [3.05, 3.63) is 104 Å². The number of hydrogen-bond donors (Lipinski definition) is 0. The van der Waals surface area contributed by atoms with Crippen molar-refractivity contribution in [3.63, 3.8) is 0 Å². The summed E-state index contributed by atoms with van der Waals surface area (Å²) in [5.74, 6) is 0. The van der Waals surface area contributed by atoms with E-state index in [0.717, 1.165) is 21.5 Å². The molecule has 0 aliphatic carbocycles. The smallest absolute Gasteiger partial charge is 0.190 e. The maximum atomic E-state index is 5.11. The van der Waals surface area contributed by atoms with Gasteiger partial charge in [-0.15, -0.1) is 28.3 Å². The zero-order valence-electron chi connectivity index (χ0n) is 17.2. The van der Waals surface area contributed by atoms with Gasteiger partial charge in [-0.3, -0.25) is 0 Å². The molecule has 1 aromatic heterocycles. The Labute approximate surface area is 200 Å². The summed E-state index contributed by atoms with van der Waals surface area (Å²) >= 11 is 5.23. The van der Waals surface area contributed by atoms with E-state index in [1.54, 1.807) is 11.3 Å². The van der Waals surface area contributed by atoms with Crippen LogP contribution in [-0.4, -0.2) is 4.57 Å². The minimum atomic E-state index is 0. The lowest BCUT2D eigenvalue weighted by Crippen LogP contribution is -2.17. The van der Waals surface area contributed by atoms with Gasteiger partial charge < -0.3 is 4.57 Å². The third-order valence-electron chi connectivity index (χ3n) is 4.96. The summed E-state index contributed by atoms with van der Waals surface area (Å²) < 4.78 is 3.41. The van der Waals surface area contributed by atoms with Gasteiger partial charge in [-0.2, -0.15) is 0 Å². The van der Waals surface area contributed by atoms with Crippen LogP contribution in [0.3, 0.4) is 0 Å². The lowest BCUT2D eigenvalue weighted by atomic mass is 10.1. The second-order valence-electron chi connectivity index (χ2n) is 7.34. The number of nitrogens with zero attached hydrogens (tertiary/aromatic N) is 2. The van der Waals surface area contributed by atoms with E-state index >= 15 is 0 Å². The molecule has 2 nitrogen and oxygen atoms in total. The quantitative estimate of drug-likeness (QED) is 0.250. The topological polar surface area (TPSA) is 17.3 Å². The lowest BCUT2D eigenvalue weighted by Gasteiger charge is -2.11. The molecule has 3 aromatic carbocycles. The fourth-order valence-corrected chi connectivity index (χ4v) is 4.81. The number of hydrogen-bond acceptors (Lipinski definition) is 2. The molecule has 4 aromatic rings. The van der Waals surface area contributed by atoms with Crippen molar-refractivity contribution >= 4 is 49.9 Å².